The molecule has 0 aliphatic carbocycles. The highest BCUT2D eigenvalue weighted by Crippen LogP contribution is 2.22. The van der Waals surface area contributed by atoms with Crippen LogP contribution in [0.25, 0.3) is 11.0 Å². The number of fused-ring (bicyclic) bond motifs is 1. The first-order chi connectivity index (χ1) is 9.69. The van der Waals surface area contributed by atoms with E-state index in [1.807, 2.05) is 18.2 Å². The summed E-state index contributed by atoms with van der Waals surface area (Å²) in [6.45, 7) is 2.78. The van der Waals surface area contributed by atoms with Crippen LogP contribution in [0.2, 0.25) is 0 Å². The predicted molar refractivity (Wildman–Crippen MR) is 84.0 cm³/mol. The Kier molecular flexibility index (Phi) is 3.32. The Morgan fingerprint density at radius 2 is 2.00 bits per heavy atom. The molecular formula is C16H16N2OS. The number of methoxy groups -OCH3 is 1. The molecule has 0 radical (unpaired) electrons. The van der Waals surface area contributed by atoms with Crippen molar-refractivity contribution in [2.24, 2.45) is 0 Å². The molecule has 0 saturated heterocycles. The zero-order valence-corrected chi connectivity index (χ0v) is 12.3. The van der Waals surface area contributed by atoms with Crippen molar-refractivity contribution >= 4 is 23.3 Å². The number of ether oxygens (including phenoxy) is 1. The van der Waals surface area contributed by atoms with E-state index in [0.29, 0.717) is 6.54 Å². The molecule has 1 N–H and O–H groups in total. The average Bonchev–Trinajstić information content (AvgIpc) is 2.75. The molecule has 3 rings (SSSR count). The van der Waals surface area contributed by atoms with Gasteiger partial charge in [0.1, 0.15) is 5.75 Å². The number of H-pyrrole nitrogens is 1. The summed E-state index contributed by atoms with van der Waals surface area (Å²) in [4.78, 5) is 3.26. The molecule has 0 atom stereocenters. The molecular weight excluding hydrogens is 268 g/mol. The first kappa shape index (κ1) is 12.9. The van der Waals surface area contributed by atoms with Gasteiger partial charge in [0.2, 0.25) is 0 Å². The van der Waals surface area contributed by atoms with Crippen LogP contribution in [0.5, 0.6) is 5.75 Å². The van der Waals surface area contributed by atoms with Gasteiger partial charge in [-0.1, -0.05) is 24.3 Å². The number of nitrogens with one attached hydrogen (secondary N) is 1. The third kappa shape index (κ3) is 2.23. The normalized spacial score (nSPS) is 10.9. The van der Waals surface area contributed by atoms with Gasteiger partial charge in [-0.25, -0.2) is 0 Å². The van der Waals surface area contributed by atoms with Crippen LogP contribution >= 0.6 is 12.2 Å². The van der Waals surface area contributed by atoms with Crippen molar-refractivity contribution in [1.29, 1.82) is 0 Å². The summed E-state index contributed by atoms with van der Waals surface area (Å²) in [6.07, 6.45) is 0. The fourth-order valence-corrected chi connectivity index (χ4v) is 2.71. The Morgan fingerprint density at radius 3 is 2.80 bits per heavy atom. The second-order valence-electron chi connectivity index (χ2n) is 4.85. The largest absolute Gasteiger partial charge is 0.496 e. The van der Waals surface area contributed by atoms with Crippen molar-refractivity contribution in [3.63, 3.8) is 0 Å². The first-order valence-corrected chi connectivity index (χ1v) is 6.91. The average molecular weight is 284 g/mol. The lowest BCUT2D eigenvalue weighted by Gasteiger charge is -2.09. The number of nitrogens with zero attached hydrogens (tertiary/aromatic N) is 1. The van der Waals surface area contributed by atoms with Crippen molar-refractivity contribution in [2.45, 2.75) is 13.5 Å². The van der Waals surface area contributed by atoms with Crippen LogP contribution < -0.4 is 4.74 Å². The molecule has 102 valence electrons. The number of hydrogen-bond donors (Lipinski definition) is 1. The van der Waals surface area contributed by atoms with Crippen LogP contribution in [-0.2, 0) is 6.54 Å². The number of para-hydroxylation sites is 1. The van der Waals surface area contributed by atoms with Gasteiger partial charge in [0.25, 0.3) is 0 Å². The van der Waals surface area contributed by atoms with Gasteiger partial charge in [-0.05, 0) is 42.9 Å². The van der Waals surface area contributed by atoms with Crippen LogP contribution in [-0.4, -0.2) is 16.7 Å². The molecule has 0 spiro atoms. The molecule has 0 amide bonds. The maximum atomic E-state index is 5.44. The fraction of sp³-hybridized carbons (Fsp3) is 0.188. The number of rotatable bonds is 3. The van der Waals surface area contributed by atoms with E-state index in [-0.39, 0.29) is 0 Å². The summed E-state index contributed by atoms with van der Waals surface area (Å²) in [6, 6.07) is 14.3. The van der Waals surface area contributed by atoms with Gasteiger partial charge < -0.3 is 14.3 Å². The molecule has 1 heterocycles. The lowest BCUT2D eigenvalue weighted by Crippen LogP contribution is -2.01. The quantitative estimate of drug-likeness (QED) is 0.735. The fourth-order valence-electron chi connectivity index (χ4n) is 2.44. The molecule has 0 saturated carbocycles. The monoisotopic (exact) mass is 284 g/mol. The SMILES string of the molecule is COc1ccccc1Cn1c(=S)[nH]c2cc(C)ccc21. The number of aromatic amines is 1. The summed E-state index contributed by atoms with van der Waals surface area (Å²) < 4.78 is 8.24. The predicted octanol–water partition coefficient (Wildman–Crippen LogP) is 4.06. The van der Waals surface area contributed by atoms with Crippen molar-refractivity contribution in [3.05, 3.63) is 58.4 Å². The van der Waals surface area contributed by atoms with Gasteiger partial charge in [0, 0.05) is 5.56 Å². The minimum atomic E-state index is 0.700. The van der Waals surface area contributed by atoms with Crippen LogP contribution in [0.1, 0.15) is 11.1 Å². The molecule has 4 heteroatoms. The Balaban J connectivity index is 2.11. The molecule has 3 aromatic rings. The number of aryl methyl sites for hydroxylation is 1. The molecule has 3 nitrogen and oxygen atoms in total. The second-order valence-corrected chi connectivity index (χ2v) is 5.24. The summed E-state index contributed by atoms with van der Waals surface area (Å²) in [5, 5.41) is 0. The number of aromatic nitrogens is 2. The van der Waals surface area contributed by atoms with Crippen molar-refractivity contribution in [3.8, 4) is 5.75 Å². The van der Waals surface area contributed by atoms with Gasteiger partial charge in [-0.2, -0.15) is 0 Å². The van der Waals surface area contributed by atoms with Crippen molar-refractivity contribution < 1.29 is 4.74 Å². The van der Waals surface area contributed by atoms with E-state index in [0.717, 1.165) is 27.1 Å². The molecule has 0 fully saturated rings. The van der Waals surface area contributed by atoms with Crippen molar-refractivity contribution in [1.82, 2.24) is 9.55 Å². The molecule has 0 unspecified atom stereocenters. The maximum absolute atomic E-state index is 5.44. The van der Waals surface area contributed by atoms with Gasteiger partial charge in [-0.15, -0.1) is 0 Å². The van der Waals surface area contributed by atoms with E-state index in [1.54, 1.807) is 7.11 Å². The summed E-state index contributed by atoms with van der Waals surface area (Å²) >= 11 is 5.44. The van der Waals surface area contributed by atoms with E-state index in [4.69, 9.17) is 17.0 Å². The summed E-state index contributed by atoms with van der Waals surface area (Å²) in [7, 11) is 1.69. The zero-order chi connectivity index (χ0) is 14.1. The second kappa shape index (κ2) is 5.13. The van der Waals surface area contributed by atoms with Crippen LogP contribution in [0.3, 0.4) is 0 Å². The topological polar surface area (TPSA) is 29.9 Å². The molecule has 0 aliphatic rings. The number of hydrogen-bond acceptors (Lipinski definition) is 2. The van der Waals surface area contributed by atoms with Crippen LogP contribution in [0.4, 0.5) is 0 Å². The van der Waals surface area contributed by atoms with E-state index in [9.17, 15) is 0 Å². The molecule has 0 bridgehead atoms. The van der Waals surface area contributed by atoms with Crippen LogP contribution in [0.15, 0.2) is 42.5 Å². The third-order valence-corrected chi connectivity index (χ3v) is 3.77. The lowest BCUT2D eigenvalue weighted by atomic mass is 10.2. The summed E-state index contributed by atoms with van der Waals surface area (Å²) in [5.41, 5.74) is 4.53. The number of benzene rings is 2. The standard InChI is InChI=1S/C16H16N2OS/c1-11-7-8-14-13(9-11)17-16(20)18(14)10-12-5-3-4-6-15(12)19-2/h3-9H,10H2,1-2H3,(H,17,20). The first-order valence-electron chi connectivity index (χ1n) is 6.50. The molecule has 20 heavy (non-hydrogen) atoms. The smallest absolute Gasteiger partial charge is 0.178 e. The highest BCUT2D eigenvalue weighted by molar-refractivity contribution is 7.71. The van der Waals surface area contributed by atoms with E-state index in [1.165, 1.54) is 5.56 Å². The van der Waals surface area contributed by atoms with E-state index in [2.05, 4.69) is 40.7 Å². The lowest BCUT2D eigenvalue weighted by molar-refractivity contribution is 0.408. The van der Waals surface area contributed by atoms with Crippen molar-refractivity contribution in [2.75, 3.05) is 7.11 Å². The molecule has 2 aromatic carbocycles. The molecule has 0 aliphatic heterocycles. The minimum Gasteiger partial charge on any atom is -0.496 e. The zero-order valence-electron chi connectivity index (χ0n) is 11.5. The number of imidazole rings is 1. The highest BCUT2D eigenvalue weighted by Gasteiger charge is 2.08. The van der Waals surface area contributed by atoms with Gasteiger partial charge in [0.15, 0.2) is 4.77 Å². The summed E-state index contributed by atoms with van der Waals surface area (Å²) in [5.74, 6) is 0.885. The van der Waals surface area contributed by atoms with E-state index >= 15 is 0 Å². The van der Waals surface area contributed by atoms with Gasteiger partial charge >= 0.3 is 0 Å². The Morgan fingerprint density at radius 1 is 1.20 bits per heavy atom. The van der Waals surface area contributed by atoms with Crippen LogP contribution in [0, 0.1) is 11.7 Å². The Hall–Kier alpha value is -2.07. The van der Waals surface area contributed by atoms with Gasteiger partial charge in [0.05, 0.1) is 24.7 Å². The maximum Gasteiger partial charge on any atom is 0.178 e. The molecule has 1 aromatic heterocycles. The highest BCUT2D eigenvalue weighted by atomic mass is 32.1. The van der Waals surface area contributed by atoms with Gasteiger partial charge in [-0.3, -0.25) is 0 Å². The Bertz CT molecular complexity index is 817. The minimum absolute atomic E-state index is 0.700. The third-order valence-electron chi connectivity index (χ3n) is 3.45. The van der Waals surface area contributed by atoms with E-state index < -0.39 is 0 Å². The Labute approximate surface area is 122 Å².